The van der Waals surface area contributed by atoms with Crippen molar-refractivity contribution in [1.29, 1.82) is 0 Å². The zero-order valence-electron chi connectivity index (χ0n) is 15.6. The van der Waals surface area contributed by atoms with Gasteiger partial charge in [-0.15, -0.1) is 0 Å². The molecule has 1 aromatic carbocycles. The zero-order valence-corrected chi connectivity index (χ0v) is 15.6. The van der Waals surface area contributed by atoms with Gasteiger partial charge in [-0.05, 0) is 33.3 Å². The molecule has 0 spiro atoms. The maximum absolute atomic E-state index is 12.7. The molecule has 1 atom stereocenters. The van der Waals surface area contributed by atoms with E-state index in [-0.39, 0.29) is 19.0 Å². The first-order valence-corrected chi connectivity index (χ1v) is 8.52. The molecule has 0 saturated carbocycles. The Morgan fingerprint density at radius 2 is 1.46 bits per heavy atom. The monoisotopic (exact) mass is 363 g/mol. The van der Waals surface area contributed by atoms with E-state index in [9.17, 15) is 19.2 Å². The van der Waals surface area contributed by atoms with Crippen molar-refractivity contribution in [1.82, 2.24) is 4.90 Å². The fourth-order valence-corrected chi connectivity index (χ4v) is 2.55. The second-order valence-corrected chi connectivity index (χ2v) is 5.67. The van der Waals surface area contributed by atoms with E-state index in [1.807, 2.05) is 6.07 Å². The topological polar surface area (TPSA) is 90.0 Å². The molecule has 0 aromatic heterocycles. The van der Waals surface area contributed by atoms with Gasteiger partial charge < -0.3 is 14.4 Å². The highest BCUT2D eigenvalue weighted by atomic mass is 16.6. The van der Waals surface area contributed by atoms with E-state index in [2.05, 4.69) is 0 Å². The van der Waals surface area contributed by atoms with Crippen LogP contribution in [0.1, 0.15) is 45.7 Å². The van der Waals surface area contributed by atoms with Gasteiger partial charge in [-0.1, -0.05) is 30.3 Å². The van der Waals surface area contributed by atoms with Gasteiger partial charge >= 0.3 is 11.9 Å². The van der Waals surface area contributed by atoms with Crippen molar-refractivity contribution in [3.8, 4) is 0 Å². The van der Waals surface area contributed by atoms with Crippen molar-refractivity contribution in [3.63, 3.8) is 0 Å². The molecule has 7 nitrogen and oxygen atoms in total. The highest BCUT2D eigenvalue weighted by Gasteiger charge is 2.41. The Kier molecular flexibility index (Phi) is 8.48. The predicted octanol–water partition coefficient (Wildman–Crippen LogP) is 2.05. The maximum Gasteiger partial charge on any atom is 0.340 e. The lowest BCUT2D eigenvalue weighted by molar-refractivity contribution is -0.170. The van der Waals surface area contributed by atoms with Crippen molar-refractivity contribution in [2.75, 3.05) is 13.2 Å². The Labute approximate surface area is 153 Å². The molecular weight excluding hydrogens is 338 g/mol. The molecule has 0 radical (unpaired) electrons. The van der Waals surface area contributed by atoms with Gasteiger partial charge in [0.05, 0.1) is 25.7 Å². The molecule has 0 fully saturated rings. The molecule has 0 unspecified atom stereocenters. The number of rotatable bonds is 9. The van der Waals surface area contributed by atoms with Gasteiger partial charge in [0, 0.05) is 0 Å². The minimum atomic E-state index is -1.57. The Morgan fingerprint density at radius 1 is 0.962 bits per heavy atom. The maximum atomic E-state index is 12.7. The Hall–Kier alpha value is -2.70. The van der Waals surface area contributed by atoms with Gasteiger partial charge in [0.1, 0.15) is 5.78 Å². The molecule has 0 aliphatic carbocycles. The number of esters is 2. The van der Waals surface area contributed by atoms with Gasteiger partial charge in [0.2, 0.25) is 11.9 Å². The van der Waals surface area contributed by atoms with Crippen LogP contribution in [0.15, 0.2) is 30.3 Å². The third-order valence-electron chi connectivity index (χ3n) is 3.69. The van der Waals surface area contributed by atoms with Gasteiger partial charge in [0.25, 0.3) is 0 Å². The van der Waals surface area contributed by atoms with E-state index in [4.69, 9.17) is 9.47 Å². The number of nitrogens with zero attached hydrogens (tertiary/aromatic N) is 1. The van der Waals surface area contributed by atoms with E-state index >= 15 is 0 Å². The van der Waals surface area contributed by atoms with E-state index in [0.717, 1.165) is 4.90 Å². The normalized spacial score (nSPS) is 11.6. The molecule has 1 aromatic rings. The van der Waals surface area contributed by atoms with Gasteiger partial charge in [-0.25, -0.2) is 9.59 Å². The lowest BCUT2D eigenvalue weighted by Crippen LogP contribution is -2.52. The fourth-order valence-electron chi connectivity index (χ4n) is 2.55. The second kappa shape index (κ2) is 10.3. The minimum absolute atomic E-state index is 0.0448. The summed E-state index contributed by atoms with van der Waals surface area (Å²) < 4.78 is 9.95. The third-order valence-corrected chi connectivity index (χ3v) is 3.69. The summed E-state index contributed by atoms with van der Waals surface area (Å²) in [5.41, 5.74) is 0.711. The molecule has 0 bridgehead atoms. The van der Waals surface area contributed by atoms with Gasteiger partial charge in [0.15, 0.2) is 0 Å². The van der Waals surface area contributed by atoms with Gasteiger partial charge in [-0.2, -0.15) is 0 Å². The molecule has 1 rings (SSSR count). The average molecular weight is 363 g/mol. The van der Waals surface area contributed by atoms with Crippen LogP contribution in [-0.4, -0.2) is 47.8 Å². The molecule has 142 valence electrons. The van der Waals surface area contributed by atoms with Crippen molar-refractivity contribution < 1.29 is 28.7 Å². The molecule has 0 aliphatic heterocycles. The summed E-state index contributed by atoms with van der Waals surface area (Å²) in [7, 11) is 0. The van der Waals surface area contributed by atoms with Gasteiger partial charge in [-0.3, -0.25) is 9.59 Å². The Morgan fingerprint density at radius 3 is 1.88 bits per heavy atom. The molecule has 26 heavy (non-hydrogen) atoms. The standard InChI is InChI=1S/C19H25NO6/c1-5-25-18(23)17(19(24)26-6-2)20(16(22)12-13(3)21)14(4)15-10-8-7-9-11-15/h7-11,14,17H,5-6,12H2,1-4H3/t14-/m0/s1. The van der Waals surface area contributed by atoms with Crippen molar-refractivity contribution >= 4 is 23.6 Å². The van der Waals surface area contributed by atoms with Crippen molar-refractivity contribution in [2.45, 2.75) is 46.2 Å². The molecule has 0 saturated heterocycles. The summed E-state index contributed by atoms with van der Waals surface area (Å²) in [5, 5.41) is 0. The predicted molar refractivity (Wildman–Crippen MR) is 94.1 cm³/mol. The van der Waals surface area contributed by atoms with Crippen LogP contribution in [-0.2, 0) is 28.7 Å². The quantitative estimate of drug-likeness (QED) is 0.493. The lowest BCUT2D eigenvalue weighted by atomic mass is 10.0. The van der Waals surface area contributed by atoms with Crippen LogP contribution < -0.4 is 0 Å². The summed E-state index contributed by atoms with van der Waals surface area (Å²) in [6.45, 7) is 6.24. The summed E-state index contributed by atoms with van der Waals surface area (Å²) in [6.07, 6.45) is -0.424. The van der Waals surface area contributed by atoms with Crippen molar-refractivity contribution in [3.05, 3.63) is 35.9 Å². The molecule has 1 amide bonds. The summed E-state index contributed by atoms with van der Waals surface area (Å²) in [5.74, 6) is -2.78. The lowest BCUT2D eigenvalue weighted by Gasteiger charge is -2.34. The summed E-state index contributed by atoms with van der Waals surface area (Å²) in [6, 6.07) is 6.70. The number of hydrogen-bond acceptors (Lipinski definition) is 6. The zero-order chi connectivity index (χ0) is 19.7. The first-order chi connectivity index (χ1) is 12.3. The second-order valence-electron chi connectivity index (χ2n) is 5.67. The van der Waals surface area contributed by atoms with E-state index < -0.39 is 36.4 Å². The fraction of sp³-hybridized carbons (Fsp3) is 0.474. The minimum Gasteiger partial charge on any atom is -0.464 e. The highest BCUT2D eigenvalue weighted by Crippen LogP contribution is 2.25. The average Bonchev–Trinajstić information content (AvgIpc) is 2.59. The largest absolute Gasteiger partial charge is 0.464 e. The number of carbonyl (C=O) groups is 4. The number of hydrogen-bond donors (Lipinski definition) is 0. The van der Waals surface area contributed by atoms with Crippen LogP contribution in [0, 0.1) is 0 Å². The highest BCUT2D eigenvalue weighted by molar-refractivity contribution is 6.05. The SMILES string of the molecule is CCOC(=O)C(C(=O)OCC)N(C(=O)CC(C)=O)[C@@H](C)c1ccccc1. The van der Waals surface area contributed by atoms with Crippen LogP contribution in [0.25, 0.3) is 0 Å². The van der Waals surface area contributed by atoms with Crippen LogP contribution in [0.5, 0.6) is 0 Å². The first-order valence-electron chi connectivity index (χ1n) is 8.52. The molecule has 7 heteroatoms. The van der Waals surface area contributed by atoms with Crippen molar-refractivity contribution in [2.24, 2.45) is 0 Å². The summed E-state index contributed by atoms with van der Waals surface area (Å²) >= 11 is 0. The molecule has 0 aliphatic rings. The van der Waals surface area contributed by atoms with E-state index in [1.54, 1.807) is 45.0 Å². The molecular formula is C19H25NO6. The van der Waals surface area contributed by atoms with E-state index in [1.165, 1.54) is 6.92 Å². The number of benzene rings is 1. The van der Waals surface area contributed by atoms with Crippen LogP contribution in [0.2, 0.25) is 0 Å². The molecule has 0 N–H and O–H groups in total. The number of carbonyl (C=O) groups excluding carboxylic acids is 4. The Balaban J connectivity index is 3.36. The van der Waals surface area contributed by atoms with Crippen LogP contribution in [0.4, 0.5) is 0 Å². The van der Waals surface area contributed by atoms with Crippen LogP contribution in [0.3, 0.4) is 0 Å². The number of Topliss-reactive ketones (excluding diaryl/α,β-unsaturated/α-hetero) is 1. The number of ether oxygens (including phenoxy) is 2. The van der Waals surface area contributed by atoms with Crippen LogP contribution >= 0.6 is 0 Å². The number of amides is 1. The van der Waals surface area contributed by atoms with E-state index in [0.29, 0.717) is 5.56 Å². The first kappa shape index (κ1) is 21.3. The summed E-state index contributed by atoms with van der Waals surface area (Å²) in [4.78, 5) is 50.1. The third kappa shape index (κ3) is 5.68. The number of ketones is 1. The molecule has 0 heterocycles. The Bertz CT molecular complexity index is 625. The smallest absolute Gasteiger partial charge is 0.340 e.